The van der Waals surface area contributed by atoms with Crippen LogP contribution in [0.5, 0.6) is 0 Å². The number of benzene rings is 1. The molecule has 0 aliphatic heterocycles. The normalized spacial score (nSPS) is 16.8. The number of carbonyl (C=O) groups is 1. The Morgan fingerprint density at radius 3 is 2.47 bits per heavy atom. The number of nitrogens with one attached hydrogen (secondary N) is 1. The Kier molecular flexibility index (Phi) is 8.20. The van der Waals surface area contributed by atoms with Gasteiger partial charge in [-0.15, -0.1) is 10.2 Å². The van der Waals surface area contributed by atoms with Crippen molar-refractivity contribution in [1.82, 2.24) is 15.5 Å². The maximum Gasteiger partial charge on any atom is 0.234 e. The van der Waals surface area contributed by atoms with E-state index in [0.717, 1.165) is 46.5 Å². The standard InChI is InChI=1S/C22H28N4OS3/c1-15(2)18-9-7-17(8-10-18)13-28-20-25-26-21(30-20)29-16(3)19(27)24-22(14-23)11-5-4-6-12-22/h7-10,15-16H,4-6,11-13H2,1-3H3,(H,24,27). The van der Waals surface area contributed by atoms with Crippen LogP contribution in [0.3, 0.4) is 0 Å². The molecule has 1 fully saturated rings. The second-order valence-corrected chi connectivity index (χ2v) is 11.8. The topological polar surface area (TPSA) is 78.7 Å². The first-order valence-corrected chi connectivity index (χ1v) is 13.0. The largest absolute Gasteiger partial charge is 0.337 e. The third-order valence-electron chi connectivity index (χ3n) is 5.33. The van der Waals surface area contributed by atoms with E-state index in [9.17, 15) is 10.1 Å². The zero-order valence-corrected chi connectivity index (χ0v) is 20.1. The monoisotopic (exact) mass is 460 g/mol. The number of rotatable bonds is 8. The van der Waals surface area contributed by atoms with Crippen LogP contribution in [-0.4, -0.2) is 26.9 Å². The third-order valence-corrected chi connectivity index (χ3v) is 8.64. The Bertz CT molecular complexity index is 883. The first kappa shape index (κ1) is 23.1. The van der Waals surface area contributed by atoms with E-state index in [4.69, 9.17) is 0 Å². The molecule has 5 nitrogen and oxygen atoms in total. The Hall–Kier alpha value is -1.56. The summed E-state index contributed by atoms with van der Waals surface area (Å²) in [5.74, 6) is 1.28. The third kappa shape index (κ3) is 6.22. The highest BCUT2D eigenvalue weighted by Gasteiger charge is 2.35. The van der Waals surface area contributed by atoms with Gasteiger partial charge in [-0.3, -0.25) is 4.79 Å². The molecule has 8 heteroatoms. The summed E-state index contributed by atoms with van der Waals surface area (Å²) in [7, 11) is 0. The van der Waals surface area contributed by atoms with Gasteiger partial charge < -0.3 is 5.32 Å². The van der Waals surface area contributed by atoms with Crippen molar-refractivity contribution in [3.05, 3.63) is 35.4 Å². The highest BCUT2D eigenvalue weighted by Crippen LogP contribution is 2.34. The van der Waals surface area contributed by atoms with Crippen molar-refractivity contribution in [3.8, 4) is 6.07 Å². The van der Waals surface area contributed by atoms with Gasteiger partial charge in [-0.25, -0.2) is 0 Å². The van der Waals surface area contributed by atoms with Gasteiger partial charge >= 0.3 is 0 Å². The van der Waals surface area contributed by atoms with E-state index in [2.05, 4.69) is 59.7 Å². The molecule has 2 aromatic rings. The summed E-state index contributed by atoms with van der Waals surface area (Å²) in [6.07, 6.45) is 4.60. The molecule has 0 bridgehead atoms. The molecule has 1 atom stereocenters. The van der Waals surface area contributed by atoms with Crippen LogP contribution < -0.4 is 5.32 Å². The number of hydrogen-bond acceptors (Lipinski definition) is 7. The molecule has 160 valence electrons. The first-order chi connectivity index (χ1) is 14.4. The maximum atomic E-state index is 12.6. The molecule has 1 aliphatic carbocycles. The van der Waals surface area contributed by atoms with Gasteiger partial charge in [0.25, 0.3) is 0 Å². The Morgan fingerprint density at radius 2 is 1.83 bits per heavy atom. The van der Waals surface area contributed by atoms with Crippen LogP contribution in [-0.2, 0) is 10.5 Å². The van der Waals surface area contributed by atoms with Crippen LogP contribution in [0.2, 0.25) is 0 Å². The summed E-state index contributed by atoms with van der Waals surface area (Å²) < 4.78 is 1.68. The lowest BCUT2D eigenvalue weighted by Crippen LogP contribution is -2.50. The predicted octanol–water partition coefficient (Wildman–Crippen LogP) is 5.78. The van der Waals surface area contributed by atoms with Gasteiger partial charge in [0.05, 0.1) is 11.3 Å². The minimum Gasteiger partial charge on any atom is -0.337 e. The van der Waals surface area contributed by atoms with Crippen LogP contribution in [0.4, 0.5) is 0 Å². The SMILES string of the molecule is CC(Sc1nnc(SCc2ccc(C(C)C)cc2)s1)C(=O)NC1(C#N)CCCCC1. The highest BCUT2D eigenvalue weighted by molar-refractivity contribution is 8.03. The minimum absolute atomic E-state index is 0.0990. The maximum absolute atomic E-state index is 12.6. The highest BCUT2D eigenvalue weighted by atomic mass is 32.2. The van der Waals surface area contributed by atoms with Gasteiger partial charge in [-0.2, -0.15) is 5.26 Å². The molecule has 1 aliphatic rings. The molecule has 1 heterocycles. The lowest BCUT2D eigenvalue weighted by Gasteiger charge is -2.32. The van der Waals surface area contributed by atoms with E-state index in [1.54, 1.807) is 11.8 Å². The average Bonchev–Trinajstić information content (AvgIpc) is 3.20. The number of carbonyl (C=O) groups excluding carboxylic acids is 1. The first-order valence-electron chi connectivity index (χ1n) is 10.4. The molecular formula is C22H28N4OS3. The summed E-state index contributed by atoms with van der Waals surface area (Å²) in [5.41, 5.74) is 1.91. The Morgan fingerprint density at radius 1 is 1.17 bits per heavy atom. The number of amides is 1. The molecule has 0 radical (unpaired) electrons. The number of hydrogen-bond donors (Lipinski definition) is 1. The number of nitriles is 1. The number of thioether (sulfide) groups is 2. The molecule has 1 unspecified atom stereocenters. The van der Waals surface area contributed by atoms with E-state index >= 15 is 0 Å². The lowest BCUT2D eigenvalue weighted by molar-refractivity contribution is -0.121. The molecule has 30 heavy (non-hydrogen) atoms. The van der Waals surface area contributed by atoms with Crippen molar-refractivity contribution in [2.24, 2.45) is 0 Å². The molecule has 1 aromatic heterocycles. The second-order valence-electron chi connectivity index (χ2n) is 8.02. The van der Waals surface area contributed by atoms with Crippen molar-refractivity contribution in [2.75, 3.05) is 0 Å². The van der Waals surface area contributed by atoms with Gasteiger partial charge in [-0.1, -0.05) is 92.2 Å². The quantitative estimate of drug-likeness (QED) is 0.503. The zero-order valence-electron chi connectivity index (χ0n) is 17.7. The predicted molar refractivity (Wildman–Crippen MR) is 125 cm³/mol. The molecule has 1 aromatic carbocycles. The zero-order chi connectivity index (χ0) is 21.6. The Labute approximate surface area is 191 Å². The molecule has 0 spiro atoms. The number of aromatic nitrogens is 2. The second kappa shape index (κ2) is 10.7. The van der Waals surface area contributed by atoms with Gasteiger partial charge in [0, 0.05) is 5.75 Å². The molecule has 1 saturated carbocycles. The molecule has 0 saturated heterocycles. The van der Waals surface area contributed by atoms with Gasteiger partial charge in [0.2, 0.25) is 5.91 Å². The van der Waals surface area contributed by atoms with Crippen molar-refractivity contribution < 1.29 is 4.79 Å². The van der Waals surface area contributed by atoms with E-state index in [-0.39, 0.29) is 11.2 Å². The summed E-state index contributed by atoms with van der Waals surface area (Å²) in [6, 6.07) is 11.0. The van der Waals surface area contributed by atoms with Crippen LogP contribution >= 0.6 is 34.9 Å². The molecule has 1 amide bonds. The average molecular weight is 461 g/mol. The summed E-state index contributed by atoms with van der Waals surface area (Å²) in [6.45, 7) is 6.25. The fourth-order valence-electron chi connectivity index (χ4n) is 3.41. The van der Waals surface area contributed by atoms with E-state index in [1.807, 2.05) is 6.92 Å². The fourth-order valence-corrected chi connectivity index (χ4v) is 6.53. The van der Waals surface area contributed by atoms with E-state index in [1.165, 1.54) is 34.2 Å². The summed E-state index contributed by atoms with van der Waals surface area (Å²) >= 11 is 4.59. The van der Waals surface area contributed by atoms with Crippen molar-refractivity contribution in [2.45, 2.75) is 84.0 Å². The lowest BCUT2D eigenvalue weighted by atomic mass is 9.83. The van der Waals surface area contributed by atoms with Crippen LogP contribution in [0.15, 0.2) is 32.9 Å². The van der Waals surface area contributed by atoms with Crippen LogP contribution in [0.25, 0.3) is 0 Å². The van der Waals surface area contributed by atoms with Crippen LogP contribution in [0.1, 0.15) is 69.9 Å². The smallest absolute Gasteiger partial charge is 0.234 e. The number of nitrogens with zero attached hydrogens (tertiary/aromatic N) is 3. The molecule has 3 rings (SSSR count). The van der Waals surface area contributed by atoms with E-state index in [0.29, 0.717) is 5.92 Å². The van der Waals surface area contributed by atoms with E-state index < -0.39 is 5.54 Å². The van der Waals surface area contributed by atoms with Crippen molar-refractivity contribution in [1.29, 1.82) is 5.26 Å². The van der Waals surface area contributed by atoms with Gasteiger partial charge in [0.15, 0.2) is 8.68 Å². The fraction of sp³-hybridized carbons (Fsp3) is 0.545. The summed E-state index contributed by atoms with van der Waals surface area (Å²) in [5, 5.41) is 20.8. The molecular weight excluding hydrogens is 432 g/mol. The van der Waals surface area contributed by atoms with Gasteiger partial charge in [-0.05, 0) is 36.8 Å². The van der Waals surface area contributed by atoms with Crippen LogP contribution in [0, 0.1) is 11.3 Å². The minimum atomic E-state index is -0.697. The van der Waals surface area contributed by atoms with Gasteiger partial charge in [0.1, 0.15) is 5.54 Å². The van der Waals surface area contributed by atoms with Crippen molar-refractivity contribution in [3.63, 3.8) is 0 Å². The summed E-state index contributed by atoms with van der Waals surface area (Å²) in [4.78, 5) is 12.6. The molecule has 1 N–H and O–H groups in total. The van der Waals surface area contributed by atoms with Crippen molar-refractivity contribution >= 4 is 40.8 Å². The Balaban J connectivity index is 1.50.